The molecule has 0 atom stereocenters. The number of carbonyl (C=O) groups excluding carboxylic acids is 1. The summed E-state index contributed by atoms with van der Waals surface area (Å²) in [6, 6.07) is 1.68. The maximum Gasteiger partial charge on any atom is 0.179 e. The van der Waals surface area contributed by atoms with Gasteiger partial charge in [-0.15, -0.1) is 0 Å². The maximum absolute atomic E-state index is 12.0. The molecule has 0 radical (unpaired) electrons. The molecule has 1 N–H and O–H groups in total. The lowest BCUT2D eigenvalue weighted by molar-refractivity contribution is 0.0992. The zero-order valence-electron chi connectivity index (χ0n) is 11.1. The number of nitrogens with one attached hydrogen (secondary N) is 1. The van der Waals surface area contributed by atoms with Gasteiger partial charge in [0, 0.05) is 5.56 Å². The van der Waals surface area contributed by atoms with Crippen molar-refractivity contribution in [3.05, 3.63) is 22.2 Å². The molecule has 0 amide bonds. The van der Waals surface area contributed by atoms with Crippen LogP contribution in [-0.4, -0.2) is 33.6 Å². The summed E-state index contributed by atoms with van der Waals surface area (Å²) in [6.07, 6.45) is 0.657. The first-order valence-corrected chi connectivity index (χ1v) is 6.09. The zero-order valence-corrected chi connectivity index (χ0v) is 11.9. The molecule has 0 unspecified atom stereocenters. The predicted octanol–water partition coefficient (Wildman–Crippen LogP) is 2.32. The molecule has 0 aliphatic carbocycles. The number of methoxy groups -OCH3 is 2. The van der Waals surface area contributed by atoms with Gasteiger partial charge in [-0.25, -0.2) is 0 Å². The van der Waals surface area contributed by atoms with E-state index in [1.54, 1.807) is 13.1 Å². The molecule has 1 rings (SSSR count). The minimum absolute atomic E-state index is 0.0165. The Morgan fingerprint density at radius 2 is 2.06 bits per heavy atom. The SMILES string of the molecule is CCc1c(C(=O)CNC)cc(OC)c(OC)c1Cl. The quantitative estimate of drug-likeness (QED) is 0.807. The number of hydrogen-bond acceptors (Lipinski definition) is 4. The Hall–Kier alpha value is -1.26. The number of halogens is 1. The third-order valence-corrected chi connectivity index (χ3v) is 3.10. The van der Waals surface area contributed by atoms with E-state index in [2.05, 4.69) is 5.32 Å². The van der Waals surface area contributed by atoms with Crippen molar-refractivity contribution in [1.29, 1.82) is 0 Å². The number of carbonyl (C=O) groups is 1. The second kappa shape index (κ2) is 6.61. The van der Waals surface area contributed by atoms with Crippen LogP contribution in [0.15, 0.2) is 6.07 Å². The molecule has 0 saturated heterocycles. The molecule has 100 valence electrons. The molecule has 0 saturated carbocycles. The van der Waals surface area contributed by atoms with Crippen LogP contribution < -0.4 is 14.8 Å². The van der Waals surface area contributed by atoms with Crippen molar-refractivity contribution in [1.82, 2.24) is 5.32 Å². The average Bonchev–Trinajstić information content (AvgIpc) is 2.37. The highest BCUT2D eigenvalue weighted by Crippen LogP contribution is 2.39. The first-order valence-electron chi connectivity index (χ1n) is 5.71. The van der Waals surface area contributed by atoms with E-state index in [-0.39, 0.29) is 12.3 Å². The molecule has 0 heterocycles. The maximum atomic E-state index is 12.0. The number of ketones is 1. The van der Waals surface area contributed by atoms with Crippen molar-refractivity contribution in [2.45, 2.75) is 13.3 Å². The van der Waals surface area contributed by atoms with Gasteiger partial charge >= 0.3 is 0 Å². The summed E-state index contributed by atoms with van der Waals surface area (Å²) in [7, 11) is 4.77. The van der Waals surface area contributed by atoms with Crippen LogP contribution in [0.1, 0.15) is 22.8 Å². The van der Waals surface area contributed by atoms with E-state index in [4.69, 9.17) is 21.1 Å². The van der Waals surface area contributed by atoms with E-state index in [1.165, 1.54) is 14.2 Å². The Morgan fingerprint density at radius 3 is 2.50 bits per heavy atom. The largest absolute Gasteiger partial charge is 0.493 e. The normalized spacial score (nSPS) is 10.3. The lowest BCUT2D eigenvalue weighted by Gasteiger charge is -2.16. The minimum atomic E-state index is -0.0165. The molecular formula is C13H18ClNO3. The van der Waals surface area contributed by atoms with Gasteiger partial charge in [-0.3, -0.25) is 4.79 Å². The number of hydrogen-bond donors (Lipinski definition) is 1. The van der Waals surface area contributed by atoms with Crippen molar-refractivity contribution >= 4 is 17.4 Å². The fraction of sp³-hybridized carbons (Fsp3) is 0.462. The van der Waals surface area contributed by atoms with Crippen molar-refractivity contribution in [3.63, 3.8) is 0 Å². The summed E-state index contributed by atoms with van der Waals surface area (Å²) in [5, 5.41) is 3.28. The summed E-state index contributed by atoms with van der Waals surface area (Å²) in [5.41, 5.74) is 1.36. The topological polar surface area (TPSA) is 47.6 Å². The van der Waals surface area contributed by atoms with Gasteiger partial charge < -0.3 is 14.8 Å². The molecule has 0 fully saturated rings. The lowest BCUT2D eigenvalue weighted by Crippen LogP contribution is -2.20. The Kier molecular flexibility index (Phi) is 5.44. The highest BCUT2D eigenvalue weighted by Gasteiger charge is 2.20. The van der Waals surface area contributed by atoms with Gasteiger partial charge in [-0.2, -0.15) is 0 Å². The minimum Gasteiger partial charge on any atom is -0.493 e. The molecule has 0 aliphatic heterocycles. The van der Waals surface area contributed by atoms with Crippen LogP contribution in [0.5, 0.6) is 11.5 Å². The third-order valence-electron chi connectivity index (χ3n) is 2.70. The highest BCUT2D eigenvalue weighted by molar-refractivity contribution is 6.33. The Morgan fingerprint density at radius 1 is 1.39 bits per heavy atom. The van der Waals surface area contributed by atoms with Crippen molar-refractivity contribution in [3.8, 4) is 11.5 Å². The number of Topliss-reactive ketones (excluding diaryl/α,β-unsaturated/α-hetero) is 1. The van der Waals surface area contributed by atoms with Gasteiger partial charge in [0.25, 0.3) is 0 Å². The second-order valence-electron chi connectivity index (χ2n) is 3.76. The first-order chi connectivity index (χ1) is 8.60. The molecule has 5 heteroatoms. The molecule has 0 spiro atoms. The van der Waals surface area contributed by atoms with E-state index < -0.39 is 0 Å². The van der Waals surface area contributed by atoms with Crippen LogP contribution in [-0.2, 0) is 6.42 Å². The van der Waals surface area contributed by atoms with Gasteiger partial charge in [-0.1, -0.05) is 18.5 Å². The standard InChI is InChI=1S/C13H18ClNO3/c1-5-8-9(10(16)7-15-2)6-11(17-3)13(18-4)12(8)14/h6,15H,5,7H2,1-4H3. The zero-order chi connectivity index (χ0) is 13.7. The van der Waals surface area contributed by atoms with Gasteiger partial charge in [0.05, 0.1) is 25.8 Å². The molecule has 0 aliphatic rings. The Labute approximate surface area is 112 Å². The fourth-order valence-electron chi connectivity index (χ4n) is 1.84. The average molecular weight is 272 g/mol. The molecule has 0 bridgehead atoms. The smallest absolute Gasteiger partial charge is 0.179 e. The van der Waals surface area contributed by atoms with E-state index in [0.717, 1.165) is 5.56 Å². The third kappa shape index (κ3) is 2.76. The molecule has 1 aromatic rings. The Bertz CT molecular complexity index is 446. The van der Waals surface area contributed by atoms with Crippen LogP contribution in [0.2, 0.25) is 5.02 Å². The first kappa shape index (κ1) is 14.8. The highest BCUT2D eigenvalue weighted by atomic mass is 35.5. The van der Waals surface area contributed by atoms with Crippen molar-refractivity contribution in [2.24, 2.45) is 0 Å². The molecule has 4 nitrogen and oxygen atoms in total. The van der Waals surface area contributed by atoms with Crippen LogP contribution in [0.3, 0.4) is 0 Å². The summed E-state index contributed by atoms with van der Waals surface area (Å²) < 4.78 is 10.4. The van der Waals surface area contributed by atoms with Crippen molar-refractivity contribution in [2.75, 3.05) is 27.8 Å². The van der Waals surface area contributed by atoms with Gasteiger partial charge in [0.1, 0.15) is 0 Å². The lowest BCUT2D eigenvalue weighted by atomic mass is 10.00. The number of benzene rings is 1. The summed E-state index contributed by atoms with van der Waals surface area (Å²) in [5.74, 6) is 0.924. The molecule has 1 aromatic carbocycles. The van der Waals surface area contributed by atoms with Crippen LogP contribution in [0.25, 0.3) is 0 Å². The van der Waals surface area contributed by atoms with Crippen LogP contribution >= 0.6 is 11.6 Å². The predicted molar refractivity (Wildman–Crippen MR) is 72.2 cm³/mol. The van der Waals surface area contributed by atoms with Gasteiger partial charge in [0.2, 0.25) is 0 Å². The van der Waals surface area contributed by atoms with Crippen LogP contribution in [0.4, 0.5) is 0 Å². The summed E-state index contributed by atoms with van der Waals surface area (Å²) in [4.78, 5) is 12.0. The van der Waals surface area contributed by atoms with E-state index in [9.17, 15) is 4.79 Å². The molecular weight excluding hydrogens is 254 g/mol. The van der Waals surface area contributed by atoms with E-state index >= 15 is 0 Å². The van der Waals surface area contributed by atoms with Gasteiger partial charge in [-0.05, 0) is 25.1 Å². The van der Waals surface area contributed by atoms with E-state index in [0.29, 0.717) is 28.5 Å². The summed E-state index contributed by atoms with van der Waals surface area (Å²) in [6.45, 7) is 2.21. The van der Waals surface area contributed by atoms with E-state index in [1.807, 2.05) is 6.92 Å². The Balaban J connectivity index is 3.42. The molecule has 0 aromatic heterocycles. The fourth-order valence-corrected chi connectivity index (χ4v) is 2.24. The van der Waals surface area contributed by atoms with Crippen LogP contribution in [0, 0.1) is 0 Å². The monoisotopic (exact) mass is 271 g/mol. The summed E-state index contributed by atoms with van der Waals surface area (Å²) >= 11 is 6.26. The molecule has 18 heavy (non-hydrogen) atoms. The van der Waals surface area contributed by atoms with Gasteiger partial charge in [0.15, 0.2) is 17.3 Å². The number of likely N-dealkylation sites (N-methyl/N-ethyl adjacent to an activating group) is 1. The number of rotatable bonds is 6. The number of ether oxygens (including phenoxy) is 2. The van der Waals surface area contributed by atoms with Crippen molar-refractivity contribution < 1.29 is 14.3 Å². The second-order valence-corrected chi connectivity index (χ2v) is 4.14.